The van der Waals surface area contributed by atoms with Crippen LogP contribution in [-0.4, -0.2) is 56.4 Å². The molecule has 0 spiro atoms. The van der Waals surface area contributed by atoms with Crippen LogP contribution >= 0.6 is 0 Å². The molecule has 0 bridgehead atoms. The maximum atomic E-state index is 12.5. The number of nitriles is 1. The summed E-state index contributed by atoms with van der Waals surface area (Å²) in [5, 5.41) is 11.9. The van der Waals surface area contributed by atoms with Gasteiger partial charge in [0.2, 0.25) is 0 Å². The van der Waals surface area contributed by atoms with Crippen molar-refractivity contribution in [1.82, 2.24) is 4.90 Å². The molecule has 9 heteroatoms. The van der Waals surface area contributed by atoms with Gasteiger partial charge >= 0.3 is 5.97 Å². The first-order valence-electron chi connectivity index (χ1n) is 8.38. The van der Waals surface area contributed by atoms with Crippen LogP contribution in [0.3, 0.4) is 0 Å². The summed E-state index contributed by atoms with van der Waals surface area (Å²) in [5.41, 5.74) is 0.211. The topological polar surface area (TPSA) is 117 Å². The highest BCUT2D eigenvalue weighted by atomic mass is 32.2. The minimum Gasteiger partial charge on any atom is -0.465 e. The molecular weight excluding hydrogens is 370 g/mol. The van der Waals surface area contributed by atoms with Gasteiger partial charge in [0.05, 0.1) is 29.9 Å². The quantitative estimate of drug-likeness (QED) is 0.442. The number of esters is 1. The molecule has 1 aliphatic heterocycles. The zero-order valence-corrected chi connectivity index (χ0v) is 16.0. The van der Waals surface area contributed by atoms with Crippen molar-refractivity contribution in [2.45, 2.75) is 19.4 Å². The molecule has 1 fully saturated rings. The Morgan fingerprint density at radius 2 is 2.11 bits per heavy atom. The van der Waals surface area contributed by atoms with E-state index in [-0.39, 0.29) is 34.4 Å². The Balaban J connectivity index is 2.22. The lowest BCUT2D eigenvalue weighted by Crippen LogP contribution is -2.32. The number of sulfone groups is 1. The smallest absolute Gasteiger partial charge is 0.339 e. The molecule has 144 valence electrons. The second kappa shape index (κ2) is 8.68. The monoisotopic (exact) mass is 391 g/mol. The van der Waals surface area contributed by atoms with Gasteiger partial charge in [-0.15, -0.1) is 0 Å². The number of methoxy groups -OCH3 is 1. The highest BCUT2D eigenvalue weighted by Crippen LogP contribution is 2.20. The van der Waals surface area contributed by atoms with Crippen molar-refractivity contribution < 1.29 is 22.7 Å². The Bertz CT molecular complexity index is 902. The first-order valence-corrected chi connectivity index (χ1v) is 10.2. The van der Waals surface area contributed by atoms with Gasteiger partial charge in [-0.1, -0.05) is 12.1 Å². The number of amides is 1. The highest BCUT2D eigenvalue weighted by molar-refractivity contribution is 7.91. The van der Waals surface area contributed by atoms with Gasteiger partial charge in [0.25, 0.3) is 5.91 Å². The summed E-state index contributed by atoms with van der Waals surface area (Å²) >= 11 is 0. The fraction of sp³-hybridized carbons (Fsp3) is 0.389. The lowest BCUT2D eigenvalue weighted by atomic mass is 10.1. The Kier molecular flexibility index (Phi) is 6.58. The first kappa shape index (κ1) is 20.5. The molecule has 0 saturated carbocycles. The van der Waals surface area contributed by atoms with Crippen LogP contribution < -0.4 is 5.32 Å². The van der Waals surface area contributed by atoms with Crippen molar-refractivity contribution in [2.75, 3.05) is 30.5 Å². The third-order valence-electron chi connectivity index (χ3n) is 4.28. The van der Waals surface area contributed by atoms with Crippen LogP contribution in [0.4, 0.5) is 5.69 Å². The van der Waals surface area contributed by atoms with Crippen LogP contribution in [0.25, 0.3) is 0 Å². The number of rotatable bonds is 6. The second-order valence-corrected chi connectivity index (χ2v) is 8.26. The summed E-state index contributed by atoms with van der Waals surface area (Å²) in [6.07, 6.45) is 1.83. The van der Waals surface area contributed by atoms with E-state index in [0.717, 1.165) is 0 Å². The van der Waals surface area contributed by atoms with Crippen LogP contribution in [-0.2, 0) is 19.4 Å². The molecule has 27 heavy (non-hydrogen) atoms. The van der Waals surface area contributed by atoms with Gasteiger partial charge in [-0.05, 0) is 25.5 Å². The third-order valence-corrected chi connectivity index (χ3v) is 6.03. The molecule has 1 aromatic carbocycles. The molecule has 2 rings (SSSR count). The number of carbonyl (C=O) groups is 2. The predicted octanol–water partition coefficient (Wildman–Crippen LogP) is 1.33. The molecule has 0 aliphatic carbocycles. The highest BCUT2D eigenvalue weighted by Gasteiger charge is 2.31. The fourth-order valence-electron chi connectivity index (χ4n) is 2.87. The standard InChI is InChI=1S/C18H21N3O5S/c1-3-21(14-8-9-27(24,25)12-14)11-13(10-19)17(22)20-16-7-5-4-6-15(16)18(23)26-2/h4-7,11,14H,3,8-9,12H2,1-2H3,(H,20,22)/b13-11-. The van der Waals surface area contributed by atoms with Gasteiger partial charge in [-0.3, -0.25) is 4.79 Å². The van der Waals surface area contributed by atoms with Crippen molar-refractivity contribution >= 4 is 27.4 Å². The number of ether oxygens (including phenoxy) is 1. The molecule has 0 aromatic heterocycles. The van der Waals surface area contributed by atoms with Crippen LogP contribution in [0.2, 0.25) is 0 Å². The van der Waals surface area contributed by atoms with E-state index in [9.17, 15) is 23.3 Å². The number of nitrogens with zero attached hydrogens (tertiary/aromatic N) is 2. The molecule has 1 saturated heterocycles. The molecule has 1 aromatic rings. The zero-order chi connectivity index (χ0) is 20.0. The normalized spacial score (nSPS) is 18.4. The Morgan fingerprint density at radius 3 is 2.67 bits per heavy atom. The summed E-state index contributed by atoms with van der Waals surface area (Å²) in [5.74, 6) is -1.20. The number of anilines is 1. The van der Waals surface area contributed by atoms with Gasteiger partial charge in [0.1, 0.15) is 11.6 Å². The summed E-state index contributed by atoms with van der Waals surface area (Å²) in [6.45, 7) is 2.28. The van der Waals surface area contributed by atoms with Crippen molar-refractivity contribution in [1.29, 1.82) is 5.26 Å². The third kappa shape index (κ3) is 5.08. The van der Waals surface area contributed by atoms with Crippen molar-refractivity contribution in [3.05, 3.63) is 41.6 Å². The van der Waals surface area contributed by atoms with Crippen LogP contribution in [0.15, 0.2) is 36.0 Å². The van der Waals surface area contributed by atoms with Crippen LogP contribution in [0.5, 0.6) is 0 Å². The summed E-state index contributed by atoms with van der Waals surface area (Å²) in [6, 6.07) is 7.86. The number of nitrogens with one attached hydrogen (secondary N) is 1. The fourth-order valence-corrected chi connectivity index (χ4v) is 4.61. The van der Waals surface area contributed by atoms with Crippen LogP contribution in [0.1, 0.15) is 23.7 Å². The molecule has 1 amide bonds. The van der Waals surface area contributed by atoms with E-state index in [1.54, 1.807) is 17.0 Å². The Labute approximate surface area is 158 Å². The molecule has 0 radical (unpaired) electrons. The van der Waals surface area contributed by atoms with Gasteiger partial charge in [-0.25, -0.2) is 13.2 Å². The minimum absolute atomic E-state index is 0.00282. The number of hydrogen-bond acceptors (Lipinski definition) is 7. The predicted molar refractivity (Wildman–Crippen MR) is 99.5 cm³/mol. The van der Waals surface area contributed by atoms with Crippen LogP contribution in [0, 0.1) is 11.3 Å². The summed E-state index contributed by atoms with van der Waals surface area (Å²) in [7, 11) is -1.85. The van der Waals surface area contributed by atoms with Gasteiger partial charge in [0, 0.05) is 18.8 Å². The van der Waals surface area contributed by atoms with Gasteiger partial charge in [0.15, 0.2) is 9.84 Å². The van der Waals surface area contributed by atoms with E-state index in [4.69, 9.17) is 0 Å². The summed E-state index contributed by atoms with van der Waals surface area (Å²) in [4.78, 5) is 26.0. The molecule has 1 heterocycles. The number of hydrogen-bond donors (Lipinski definition) is 1. The lowest BCUT2D eigenvalue weighted by Gasteiger charge is -2.25. The first-order chi connectivity index (χ1) is 12.8. The van der Waals surface area contributed by atoms with Gasteiger partial charge < -0.3 is 15.0 Å². The number of para-hydroxylation sites is 1. The maximum absolute atomic E-state index is 12.5. The SMILES string of the molecule is CCN(/C=C(/C#N)C(=O)Nc1ccccc1C(=O)OC)C1CCS(=O)(=O)C1. The summed E-state index contributed by atoms with van der Waals surface area (Å²) < 4.78 is 28.1. The lowest BCUT2D eigenvalue weighted by molar-refractivity contribution is -0.112. The van der Waals surface area contributed by atoms with E-state index in [0.29, 0.717) is 13.0 Å². The molecule has 1 atom stereocenters. The van der Waals surface area contributed by atoms with Gasteiger partial charge in [-0.2, -0.15) is 5.26 Å². The number of benzene rings is 1. The zero-order valence-electron chi connectivity index (χ0n) is 15.1. The molecule has 1 aliphatic rings. The molecule has 8 nitrogen and oxygen atoms in total. The number of carbonyl (C=O) groups excluding carboxylic acids is 2. The van der Waals surface area contributed by atoms with E-state index >= 15 is 0 Å². The second-order valence-electron chi connectivity index (χ2n) is 6.03. The average Bonchev–Trinajstić information content (AvgIpc) is 3.02. The maximum Gasteiger partial charge on any atom is 0.339 e. The average molecular weight is 391 g/mol. The molecule has 1 unspecified atom stereocenters. The Morgan fingerprint density at radius 1 is 1.41 bits per heavy atom. The largest absolute Gasteiger partial charge is 0.465 e. The van der Waals surface area contributed by atoms with Crippen molar-refractivity contribution in [3.63, 3.8) is 0 Å². The van der Waals surface area contributed by atoms with E-state index in [1.807, 2.05) is 13.0 Å². The molecular formula is C18H21N3O5S. The Hall–Kier alpha value is -2.86. The molecule has 1 N–H and O–H groups in total. The van der Waals surface area contributed by atoms with Crippen molar-refractivity contribution in [3.8, 4) is 6.07 Å². The minimum atomic E-state index is -3.09. The van der Waals surface area contributed by atoms with Crippen molar-refractivity contribution in [2.24, 2.45) is 0 Å². The van der Waals surface area contributed by atoms with E-state index in [2.05, 4.69) is 10.1 Å². The van der Waals surface area contributed by atoms with E-state index < -0.39 is 21.7 Å². The van der Waals surface area contributed by atoms with E-state index in [1.165, 1.54) is 25.4 Å².